The first-order valence-corrected chi connectivity index (χ1v) is 11.0. The SMILES string of the molecule is Cc1ccc(CN2C(=S)N(C3CC3)C(=O)C2CC(=O)Nc2ccc3cc[nH]c3c2)cc1. The van der Waals surface area contributed by atoms with Crippen LogP contribution in [0, 0.1) is 6.92 Å². The van der Waals surface area contributed by atoms with Gasteiger partial charge in [-0.1, -0.05) is 35.9 Å². The van der Waals surface area contributed by atoms with Crippen molar-refractivity contribution in [2.24, 2.45) is 0 Å². The Labute approximate surface area is 186 Å². The number of thiocarbonyl (C=S) groups is 1. The van der Waals surface area contributed by atoms with Crippen LogP contribution in [0.5, 0.6) is 0 Å². The normalized spacial score (nSPS) is 18.8. The maximum Gasteiger partial charge on any atom is 0.252 e. The zero-order valence-electron chi connectivity index (χ0n) is 17.3. The molecule has 2 N–H and O–H groups in total. The molecule has 0 radical (unpaired) electrons. The van der Waals surface area contributed by atoms with Crippen LogP contribution in [0.3, 0.4) is 0 Å². The number of hydrogen-bond acceptors (Lipinski definition) is 3. The van der Waals surface area contributed by atoms with Gasteiger partial charge in [-0.05, 0) is 61.1 Å². The van der Waals surface area contributed by atoms with Crippen molar-refractivity contribution < 1.29 is 9.59 Å². The van der Waals surface area contributed by atoms with Crippen LogP contribution in [0.25, 0.3) is 10.9 Å². The molecule has 1 aliphatic heterocycles. The van der Waals surface area contributed by atoms with Crippen molar-refractivity contribution in [3.05, 3.63) is 65.9 Å². The van der Waals surface area contributed by atoms with Crippen molar-refractivity contribution in [1.29, 1.82) is 0 Å². The van der Waals surface area contributed by atoms with Crippen molar-refractivity contribution in [2.75, 3.05) is 5.32 Å². The molecule has 1 saturated heterocycles. The van der Waals surface area contributed by atoms with E-state index in [9.17, 15) is 9.59 Å². The predicted molar refractivity (Wildman–Crippen MR) is 125 cm³/mol. The third kappa shape index (κ3) is 3.93. The fourth-order valence-electron chi connectivity index (χ4n) is 4.11. The Balaban J connectivity index is 1.34. The number of H-pyrrole nitrogens is 1. The van der Waals surface area contributed by atoms with Gasteiger partial charge in [-0.3, -0.25) is 14.5 Å². The number of aromatic nitrogens is 1. The highest BCUT2D eigenvalue weighted by Crippen LogP contribution is 2.34. The summed E-state index contributed by atoms with van der Waals surface area (Å²) in [6.45, 7) is 2.56. The molecular formula is C24H24N4O2S. The summed E-state index contributed by atoms with van der Waals surface area (Å²) in [4.78, 5) is 32.8. The van der Waals surface area contributed by atoms with Gasteiger partial charge in [0.15, 0.2) is 5.11 Å². The number of hydrogen-bond donors (Lipinski definition) is 2. The fourth-order valence-corrected chi connectivity index (χ4v) is 4.54. The van der Waals surface area contributed by atoms with Gasteiger partial charge in [-0.25, -0.2) is 0 Å². The molecule has 2 amide bonds. The Bertz CT molecular complexity index is 1170. The van der Waals surface area contributed by atoms with E-state index in [1.807, 2.05) is 66.6 Å². The van der Waals surface area contributed by atoms with Gasteiger partial charge in [-0.2, -0.15) is 0 Å². The van der Waals surface area contributed by atoms with Crippen molar-refractivity contribution >= 4 is 45.7 Å². The van der Waals surface area contributed by atoms with Gasteiger partial charge in [0.2, 0.25) is 5.91 Å². The molecule has 1 aromatic heterocycles. The Morgan fingerprint density at radius 1 is 1.16 bits per heavy atom. The minimum absolute atomic E-state index is 0.0606. The molecule has 5 rings (SSSR count). The molecule has 1 atom stereocenters. The molecule has 0 spiro atoms. The number of carbonyl (C=O) groups excluding carboxylic acids is 2. The van der Waals surface area contributed by atoms with E-state index in [2.05, 4.69) is 10.3 Å². The molecule has 1 unspecified atom stereocenters. The number of fused-ring (bicyclic) bond motifs is 1. The third-order valence-corrected chi connectivity index (χ3v) is 6.38. The zero-order chi connectivity index (χ0) is 21.5. The highest BCUT2D eigenvalue weighted by Gasteiger charge is 2.48. The average Bonchev–Trinajstić information content (AvgIpc) is 3.42. The molecule has 2 fully saturated rings. The van der Waals surface area contributed by atoms with Crippen LogP contribution in [0.4, 0.5) is 5.69 Å². The van der Waals surface area contributed by atoms with Gasteiger partial charge >= 0.3 is 0 Å². The molecule has 158 valence electrons. The summed E-state index contributed by atoms with van der Waals surface area (Å²) >= 11 is 5.68. The summed E-state index contributed by atoms with van der Waals surface area (Å²) in [5.41, 5.74) is 3.91. The van der Waals surface area contributed by atoms with E-state index < -0.39 is 6.04 Å². The van der Waals surface area contributed by atoms with Gasteiger partial charge in [0.1, 0.15) is 6.04 Å². The second-order valence-electron chi connectivity index (χ2n) is 8.38. The Morgan fingerprint density at radius 3 is 2.68 bits per heavy atom. The maximum absolute atomic E-state index is 13.2. The molecule has 0 bridgehead atoms. The van der Waals surface area contributed by atoms with Crippen molar-refractivity contribution in [3.63, 3.8) is 0 Å². The molecule has 1 saturated carbocycles. The smallest absolute Gasteiger partial charge is 0.252 e. The Kier molecular flexibility index (Phi) is 4.98. The van der Waals surface area contributed by atoms with Crippen LogP contribution in [0.15, 0.2) is 54.7 Å². The largest absolute Gasteiger partial charge is 0.361 e. The lowest BCUT2D eigenvalue weighted by atomic mass is 10.1. The van der Waals surface area contributed by atoms with E-state index in [1.54, 1.807) is 4.90 Å². The van der Waals surface area contributed by atoms with E-state index in [-0.39, 0.29) is 24.3 Å². The lowest BCUT2D eigenvalue weighted by Gasteiger charge is -2.24. The van der Waals surface area contributed by atoms with Crippen molar-refractivity contribution in [3.8, 4) is 0 Å². The van der Waals surface area contributed by atoms with E-state index in [4.69, 9.17) is 12.2 Å². The van der Waals surface area contributed by atoms with Crippen LogP contribution >= 0.6 is 12.2 Å². The van der Waals surface area contributed by atoms with E-state index in [0.29, 0.717) is 17.3 Å². The topological polar surface area (TPSA) is 68.4 Å². The van der Waals surface area contributed by atoms with Crippen molar-refractivity contribution in [1.82, 2.24) is 14.8 Å². The summed E-state index contributed by atoms with van der Waals surface area (Å²) in [6, 6.07) is 15.5. The quantitative estimate of drug-likeness (QED) is 0.579. The minimum Gasteiger partial charge on any atom is -0.361 e. The Hall–Kier alpha value is -3.19. The molecule has 31 heavy (non-hydrogen) atoms. The highest BCUT2D eigenvalue weighted by atomic mass is 32.1. The fraction of sp³-hybridized carbons (Fsp3) is 0.292. The zero-order valence-corrected chi connectivity index (χ0v) is 18.1. The number of anilines is 1. The third-order valence-electron chi connectivity index (χ3n) is 5.95. The van der Waals surface area contributed by atoms with Crippen LogP contribution in [-0.4, -0.2) is 43.8 Å². The predicted octanol–water partition coefficient (Wildman–Crippen LogP) is 3.97. The number of nitrogens with one attached hydrogen (secondary N) is 2. The Morgan fingerprint density at radius 2 is 1.94 bits per heavy atom. The van der Waals surface area contributed by atoms with Gasteiger partial charge in [0, 0.05) is 30.0 Å². The average molecular weight is 433 g/mol. The van der Waals surface area contributed by atoms with E-state index in [1.165, 1.54) is 5.56 Å². The summed E-state index contributed by atoms with van der Waals surface area (Å²) in [5, 5.41) is 4.56. The summed E-state index contributed by atoms with van der Waals surface area (Å²) < 4.78 is 0. The summed E-state index contributed by atoms with van der Waals surface area (Å²) in [6.07, 6.45) is 3.87. The van der Waals surface area contributed by atoms with Crippen LogP contribution < -0.4 is 5.32 Å². The van der Waals surface area contributed by atoms with E-state index in [0.717, 1.165) is 29.3 Å². The molecule has 2 aromatic carbocycles. The second-order valence-corrected chi connectivity index (χ2v) is 8.75. The first-order valence-electron chi connectivity index (χ1n) is 10.6. The maximum atomic E-state index is 13.2. The number of benzene rings is 2. The van der Waals surface area contributed by atoms with E-state index >= 15 is 0 Å². The van der Waals surface area contributed by atoms with Gasteiger partial charge in [-0.15, -0.1) is 0 Å². The molecular weight excluding hydrogens is 408 g/mol. The number of nitrogens with zero attached hydrogens (tertiary/aromatic N) is 2. The number of aromatic amines is 1. The van der Waals surface area contributed by atoms with Gasteiger partial charge in [0.25, 0.3) is 5.91 Å². The molecule has 2 aliphatic rings. The van der Waals surface area contributed by atoms with Crippen molar-refractivity contribution in [2.45, 2.75) is 44.8 Å². The van der Waals surface area contributed by atoms with Crippen LogP contribution in [0.1, 0.15) is 30.4 Å². The molecule has 6 nitrogen and oxygen atoms in total. The number of aryl methyl sites for hydroxylation is 1. The van der Waals surface area contributed by atoms with Crippen LogP contribution in [-0.2, 0) is 16.1 Å². The van der Waals surface area contributed by atoms with Gasteiger partial charge in [0.05, 0.1) is 6.42 Å². The molecule has 7 heteroatoms. The standard InChI is InChI=1S/C24H24N4O2S/c1-15-2-4-16(5-3-15)14-27-21(23(30)28(24(27)31)19-8-9-19)13-22(29)26-18-7-6-17-10-11-25-20(17)12-18/h2-7,10-12,19,21,25H,8-9,13-14H2,1H3,(H,26,29). The first-order chi connectivity index (χ1) is 15.0. The first kappa shape index (κ1) is 19.8. The number of amides is 2. The lowest BCUT2D eigenvalue weighted by molar-refractivity contribution is -0.131. The summed E-state index contributed by atoms with van der Waals surface area (Å²) in [7, 11) is 0. The van der Waals surface area contributed by atoms with Crippen LogP contribution in [0.2, 0.25) is 0 Å². The highest BCUT2D eigenvalue weighted by molar-refractivity contribution is 7.80. The molecule has 3 aromatic rings. The number of rotatable bonds is 6. The lowest BCUT2D eigenvalue weighted by Crippen LogP contribution is -2.37. The monoisotopic (exact) mass is 432 g/mol. The molecule has 2 heterocycles. The molecule has 1 aliphatic carbocycles. The minimum atomic E-state index is -0.580. The summed E-state index contributed by atoms with van der Waals surface area (Å²) in [5.74, 6) is -0.256. The number of carbonyl (C=O) groups is 2. The van der Waals surface area contributed by atoms with Gasteiger partial charge < -0.3 is 15.2 Å². The second kappa shape index (κ2) is 7.81.